The highest BCUT2D eigenvalue weighted by Crippen LogP contribution is 2.30. The summed E-state index contributed by atoms with van der Waals surface area (Å²) in [6.07, 6.45) is 4.24. The van der Waals surface area contributed by atoms with E-state index in [9.17, 15) is 5.11 Å². The highest BCUT2D eigenvalue weighted by Gasteiger charge is 2.16. The minimum absolute atomic E-state index is 0.137. The van der Waals surface area contributed by atoms with E-state index in [1.807, 2.05) is 30.5 Å². The molecule has 110 valence electrons. The highest BCUT2D eigenvalue weighted by molar-refractivity contribution is 6.32. The van der Waals surface area contributed by atoms with Crippen molar-refractivity contribution in [1.29, 1.82) is 0 Å². The van der Waals surface area contributed by atoms with Gasteiger partial charge in [0, 0.05) is 31.4 Å². The molecule has 5 heteroatoms. The highest BCUT2D eigenvalue weighted by atomic mass is 35.5. The predicted octanol–water partition coefficient (Wildman–Crippen LogP) is 3.65. The number of rotatable bonds is 4. The van der Waals surface area contributed by atoms with Crippen LogP contribution >= 0.6 is 11.6 Å². The van der Waals surface area contributed by atoms with Gasteiger partial charge in [-0.1, -0.05) is 23.7 Å². The molecule has 0 aliphatic carbocycles. The predicted molar refractivity (Wildman–Crippen MR) is 86.1 cm³/mol. The number of hydrogen-bond acceptors (Lipinski definition) is 4. The van der Waals surface area contributed by atoms with E-state index in [4.69, 9.17) is 11.6 Å². The zero-order valence-electron chi connectivity index (χ0n) is 11.7. The second-order valence-electron chi connectivity index (χ2n) is 5.17. The lowest BCUT2D eigenvalue weighted by molar-refractivity contribution is 0.469. The molecule has 4 nitrogen and oxygen atoms in total. The maximum absolute atomic E-state index is 9.96. The Morgan fingerprint density at radius 1 is 1.19 bits per heavy atom. The van der Waals surface area contributed by atoms with E-state index in [1.54, 1.807) is 6.07 Å². The molecule has 1 aromatic heterocycles. The van der Waals surface area contributed by atoms with Crippen molar-refractivity contribution in [3.05, 3.63) is 47.1 Å². The number of halogens is 1. The molecule has 0 saturated carbocycles. The first-order chi connectivity index (χ1) is 10.3. The number of nitrogens with one attached hydrogen (secondary N) is 1. The molecule has 2 heterocycles. The van der Waals surface area contributed by atoms with Gasteiger partial charge in [-0.2, -0.15) is 0 Å². The first-order valence-electron chi connectivity index (χ1n) is 7.16. The Balaban J connectivity index is 1.77. The van der Waals surface area contributed by atoms with Crippen molar-refractivity contribution in [2.45, 2.75) is 19.4 Å². The monoisotopic (exact) mass is 303 g/mol. The van der Waals surface area contributed by atoms with Gasteiger partial charge in [0.1, 0.15) is 5.75 Å². The molecular weight excluding hydrogens is 286 g/mol. The Hall–Kier alpha value is -1.94. The standard InChI is InChI=1S/C16H18ClN3O/c17-13-6-3-5-12(15(13)21)11-19-14-7-4-8-18-16(14)20-9-1-2-10-20/h3-8,19,21H,1-2,9-11H2. The van der Waals surface area contributed by atoms with Crippen LogP contribution in [0.15, 0.2) is 36.5 Å². The Morgan fingerprint density at radius 2 is 2.00 bits per heavy atom. The second-order valence-corrected chi connectivity index (χ2v) is 5.58. The Labute approximate surface area is 129 Å². The average Bonchev–Trinajstić information content (AvgIpc) is 3.03. The van der Waals surface area contributed by atoms with Crippen LogP contribution in [0.3, 0.4) is 0 Å². The smallest absolute Gasteiger partial charge is 0.151 e. The number of anilines is 2. The number of phenols is 1. The average molecular weight is 304 g/mol. The number of aromatic hydroxyl groups is 1. The van der Waals surface area contributed by atoms with Gasteiger partial charge >= 0.3 is 0 Å². The van der Waals surface area contributed by atoms with E-state index in [-0.39, 0.29) is 5.75 Å². The van der Waals surface area contributed by atoms with Gasteiger partial charge in [0.2, 0.25) is 0 Å². The number of benzene rings is 1. The number of aromatic nitrogens is 1. The van der Waals surface area contributed by atoms with Crippen LogP contribution in [0.25, 0.3) is 0 Å². The van der Waals surface area contributed by atoms with Gasteiger partial charge in [0.05, 0.1) is 10.7 Å². The SMILES string of the molecule is Oc1c(Cl)cccc1CNc1cccnc1N1CCCC1. The van der Waals surface area contributed by atoms with Crippen LogP contribution in [0.2, 0.25) is 5.02 Å². The van der Waals surface area contributed by atoms with Gasteiger partial charge in [0.25, 0.3) is 0 Å². The van der Waals surface area contributed by atoms with E-state index in [2.05, 4.69) is 15.2 Å². The lowest BCUT2D eigenvalue weighted by atomic mass is 10.2. The fourth-order valence-corrected chi connectivity index (χ4v) is 2.80. The van der Waals surface area contributed by atoms with Crippen molar-refractivity contribution in [3.8, 4) is 5.75 Å². The Bertz CT molecular complexity index is 627. The number of phenolic OH excluding ortho intramolecular Hbond substituents is 1. The van der Waals surface area contributed by atoms with Crippen molar-refractivity contribution in [1.82, 2.24) is 4.98 Å². The summed E-state index contributed by atoms with van der Waals surface area (Å²) < 4.78 is 0. The van der Waals surface area contributed by atoms with E-state index in [0.29, 0.717) is 11.6 Å². The van der Waals surface area contributed by atoms with E-state index >= 15 is 0 Å². The molecule has 1 aliphatic heterocycles. The molecule has 0 amide bonds. The fraction of sp³-hybridized carbons (Fsp3) is 0.312. The minimum Gasteiger partial charge on any atom is -0.506 e. The first-order valence-corrected chi connectivity index (χ1v) is 7.53. The second kappa shape index (κ2) is 6.22. The van der Waals surface area contributed by atoms with Crippen LogP contribution in [-0.2, 0) is 6.54 Å². The molecule has 3 rings (SSSR count). The molecule has 0 spiro atoms. The molecule has 21 heavy (non-hydrogen) atoms. The van der Waals surface area contributed by atoms with E-state index in [1.165, 1.54) is 12.8 Å². The van der Waals surface area contributed by atoms with Crippen LogP contribution < -0.4 is 10.2 Å². The molecule has 1 fully saturated rings. The van der Waals surface area contributed by atoms with Crippen molar-refractivity contribution < 1.29 is 5.11 Å². The van der Waals surface area contributed by atoms with Crippen LogP contribution in [0.5, 0.6) is 5.75 Å². The third-order valence-electron chi connectivity index (χ3n) is 3.73. The maximum Gasteiger partial charge on any atom is 0.151 e. The first kappa shape index (κ1) is 14.0. The van der Waals surface area contributed by atoms with Gasteiger partial charge < -0.3 is 15.3 Å². The molecule has 1 saturated heterocycles. The maximum atomic E-state index is 9.96. The zero-order valence-corrected chi connectivity index (χ0v) is 12.5. The molecule has 0 bridgehead atoms. The zero-order chi connectivity index (χ0) is 14.7. The molecule has 2 N–H and O–H groups in total. The lowest BCUT2D eigenvalue weighted by Crippen LogP contribution is -2.20. The van der Waals surface area contributed by atoms with Crippen molar-refractivity contribution in [2.24, 2.45) is 0 Å². The van der Waals surface area contributed by atoms with Crippen LogP contribution in [-0.4, -0.2) is 23.2 Å². The third-order valence-corrected chi connectivity index (χ3v) is 4.04. The van der Waals surface area contributed by atoms with Gasteiger partial charge in [0.15, 0.2) is 5.82 Å². The molecule has 1 aliphatic rings. The molecule has 0 atom stereocenters. The summed E-state index contributed by atoms with van der Waals surface area (Å²) in [5, 5.41) is 13.7. The number of nitrogens with zero attached hydrogens (tertiary/aromatic N) is 2. The summed E-state index contributed by atoms with van der Waals surface area (Å²) in [6, 6.07) is 9.31. The lowest BCUT2D eigenvalue weighted by Gasteiger charge is -2.20. The third kappa shape index (κ3) is 3.05. The van der Waals surface area contributed by atoms with E-state index in [0.717, 1.165) is 30.2 Å². The summed E-state index contributed by atoms with van der Waals surface area (Å²) in [5.41, 5.74) is 1.76. The van der Waals surface area contributed by atoms with Crippen molar-refractivity contribution >= 4 is 23.1 Å². The summed E-state index contributed by atoms with van der Waals surface area (Å²) in [6.45, 7) is 2.61. The fourth-order valence-electron chi connectivity index (χ4n) is 2.61. The summed E-state index contributed by atoms with van der Waals surface area (Å²) in [4.78, 5) is 6.78. The van der Waals surface area contributed by atoms with Crippen molar-refractivity contribution in [3.63, 3.8) is 0 Å². The topological polar surface area (TPSA) is 48.4 Å². The Morgan fingerprint density at radius 3 is 2.81 bits per heavy atom. The summed E-state index contributed by atoms with van der Waals surface area (Å²) in [7, 11) is 0. The number of hydrogen-bond donors (Lipinski definition) is 2. The van der Waals surface area contributed by atoms with E-state index < -0.39 is 0 Å². The van der Waals surface area contributed by atoms with Gasteiger partial charge in [-0.05, 0) is 31.0 Å². The molecule has 1 aromatic carbocycles. The summed E-state index contributed by atoms with van der Waals surface area (Å²) in [5.74, 6) is 1.12. The van der Waals surface area contributed by atoms with Crippen LogP contribution in [0, 0.1) is 0 Å². The van der Waals surface area contributed by atoms with Crippen LogP contribution in [0.4, 0.5) is 11.5 Å². The molecule has 0 radical (unpaired) electrons. The normalized spacial score (nSPS) is 14.4. The summed E-state index contributed by atoms with van der Waals surface area (Å²) >= 11 is 5.93. The molecule has 0 unspecified atom stereocenters. The quantitative estimate of drug-likeness (QED) is 0.905. The van der Waals surface area contributed by atoms with Gasteiger partial charge in [-0.3, -0.25) is 0 Å². The van der Waals surface area contributed by atoms with Gasteiger partial charge in [-0.25, -0.2) is 4.98 Å². The number of para-hydroxylation sites is 1. The van der Waals surface area contributed by atoms with Crippen LogP contribution in [0.1, 0.15) is 18.4 Å². The van der Waals surface area contributed by atoms with Gasteiger partial charge in [-0.15, -0.1) is 0 Å². The number of pyridine rings is 1. The largest absolute Gasteiger partial charge is 0.506 e. The molecule has 2 aromatic rings. The van der Waals surface area contributed by atoms with Crippen molar-refractivity contribution in [2.75, 3.05) is 23.3 Å². The molecular formula is C16H18ClN3O. The Kier molecular flexibility index (Phi) is 4.15. The minimum atomic E-state index is 0.137.